The summed E-state index contributed by atoms with van der Waals surface area (Å²) in [6.07, 6.45) is 3.81. The summed E-state index contributed by atoms with van der Waals surface area (Å²) in [5.41, 5.74) is 1.50. The van der Waals surface area contributed by atoms with E-state index >= 15 is 0 Å². The van der Waals surface area contributed by atoms with Crippen LogP contribution in [0.2, 0.25) is 5.02 Å². The number of hydrogen-bond acceptors (Lipinski definition) is 3. The van der Waals surface area contributed by atoms with Gasteiger partial charge in [-0.3, -0.25) is 0 Å². The fourth-order valence-electron chi connectivity index (χ4n) is 1.62. The first-order valence-electron chi connectivity index (χ1n) is 5.58. The van der Waals surface area contributed by atoms with Gasteiger partial charge < -0.3 is 5.32 Å². The molecule has 1 aromatic carbocycles. The van der Waals surface area contributed by atoms with Crippen molar-refractivity contribution in [2.45, 2.75) is 13.0 Å². The second-order valence-electron chi connectivity index (χ2n) is 3.93. The molecule has 0 saturated carbocycles. The highest BCUT2D eigenvalue weighted by molar-refractivity contribution is 6.30. The Hall–Kier alpha value is -1.52. The average molecular weight is 266 g/mol. The van der Waals surface area contributed by atoms with Crippen LogP contribution in [0, 0.1) is 5.82 Å². The molecule has 0 spiro atoms. The highest BCUT2D eigenvalue weighted by Crippen LogP contribution is 2.19. The summed E-state index contributed by atoms with van der Waals surface area (Å²) in [6, 6.07) is 4.93. The van der Waals surface area contributed by atoms with Crippen LogP contribution in [0.1, 0.15) is 17.0 Å². The molecule has 0 aliphatic rings. The van der Waals surface area contributed by atoms with Crippen molar-refractivity contribution in [3.8, 4) is 0 Å². The third kappa shape index (κ3) is 3.03. The predicted octanol–water partition coefficient (Wildman–Crippen LogP) is 2.58. The van der Waals surface area contributed by atoms with E-state index in [1.807, 2.05) is 7.05 Å². The van der Waals surface area contributed by atoms with Crippen LogP contribution in [0.3, 0.4) is 0 Å². The Bertz CT molecular complexity index is 528. The molecule has 18 heavy (non-hydrogen) atoms. The van der Waals surface area contributed by atoms with Crippen LogP contribution in [0.5, 0.6) is 0 Å². The Kier molecular flexibility index (Phi) is 4.23. The van der Waals surface area contributed by atoms with Gasteiger partial charge in [-0.1, -0.05) is 23.7 Å². The molecule has 2 rings (SSSR count). The molecule has 0 amide bonds. The summed E-state index contributed by atoms with van der Waals surface area (Å²) in [6.45, 7) is 0.714. The van der Waals surface area contributed by atoms with Crippen molar-refractivity contribution < 1.29 is 4.39 Å². The Balaban J connectivity index is 2.16. The number of hydrogen-bond donors (Lipinski definition) is 1. The van der Waals surface area contributed by atoms with E-state index in [2.05, 4.69) is 15.3 Å². The molecule has 0 bridgehead atoms. The van der Waals surface area contributed by atoms with Gasteiger partial charge in [0.2, 0.25) is 0 Å². The van der Waals surface area contributed by atoms with Gasteiger partial charge in [0.1, 0.15) is 11.6 Å². The molecule has 0 radical (unpaired) electrons. The third-order valence-electron chi connectivity index (χ3n) is 2.52. The van der Waals surface area contributed by atoms with Gasteiger partial charge in [-0.25, -0.2) is 14.4 Å². The zero-order valence-corrected chi connectivity index (χ0v) is 10.7. The molecule has 94 valence electrons. The molecule has 0 atom stereocenters. The van der Waals surface area contributed by atoms with Crippen molar-refractivity contribution in [1.29, 1.82) is 0 Å². The molecule has 0 fully saturated rings. The topological polar surface area (TPSA) is 37.8 Å². The first-order valence-corrected chi connectivity index (χ1v) is 5.96. The van der Waals surface area contributed by atoms with Crippen LogP contribution in [0.4, 0.5) is 4.39 Å². The fourth-order valence-corrected chi connectivity index (χ4v) is 1.82. The maximum absolute atomic E-state index is 13.7. The number of nitrogens with one attached hydrogen (secondary N) is 1. The fraction of sp³-hybridized carbons (Fsp3) is 0.231. The van der Waals surface area contributed by atoms with Crippen LogP contribution < -0.4 is 5.32 Å². The molecule has 1 N–H and O–H groups in total. The molecule has 1 heterocycles. The van der Waals surface area contributed by atoms with Crippen molar-refractivity contribution in [1.82, 2.24) is 15.3 Å². The maximum Gasteiger partial charge on any atom is 0.145 e. The number of aromatic nitrogens is 2. The molecule has 3 nitrogen and oxygen atoms in total. The Morgan fingerprint density at radius 3 is 2.67 bits per heavy atom. The van der Waals surface area contributed by atoms with Crippen LogP contribution in [0.15, 0.2) is 30.6 Å². The van der Waals surface area contributed by atoms with Crippen molar-refractivity contribution in [3.63, 3.8) is 0 Å². The van der Waals surface area contributed by atoms with Crippen LogP contribution >= 0.6 is 11.6 Å². The molecule has 0 aliphatic carbocycles. The van der Waals surface area contributed by atoms with Gasteiger partial charge in [0.05, 0.1) is 5.02 Å². The summed E-state index contributed by atoms with van der Waals surface area (Å²) in [4.78, 5) is 8.41. The first kappa shape index (κ1) is 12.9. The van der Waals surface area contributed by atoms with E-state index < -0.39 is 5.82 Å². The van der Waals surface area contributed by atoms with Crippen molar-refractivity contribution >= 4 is 11.6 Å². The number of benzene rings is 1. The van der Waals surface area contributed by atoms with Crippen molar-refractivity contribution in [2.24, 2.45) is 0 Å². The average Bonchev–Trinajstić information content (AvgIpc) is 2.38. The molecular formula is C13H13ClFN3. The third-order valence-corrected chi connectivity index (χ3v) is 2.81. The Labute approximate surface area is 110 Å². The zero-order valence-electron chi connectivity index (χ0n) is 9.95. The smallest absolute Gasteiger partial charge is 0.145 e. The molecule has 0 saturated heterocycles. The lowest BCUT2D eigenvalue weighted by molar-refractivity contribution is 0.612. The van der Waals surface area contributed by atoms with Gasteiger partial charge in [0.15, 0.2) is 0 Å². The number of nitrogens with zero attached hydrogens (tertiary/aromatic N) is 2. The molecule has 2 aromatic rings. The summed E-state index contributed by atoms with van der Waals surface area (Å²) >= 11 is 5.72. The van der Waals surface area contributed by atoms with E-state index in [0.717, 1.165) is 5.56 Å². The second-order valence-corrected chi connectivity index (χ2v) is 4.33. The predicted molar refractivity (Wildman–Crippen MR) is 69.0 cm³/mol. The summed E-state index contributed by atoms with van der Waals surface area (Å²) in [5, 5.41) is 3.14. The lowest BCUT2D eigenvalue weighted by atomic mass is 10.1. The normalized spacial score (nSPS) is 10.6. The minimum absolute atomic E-state index is 0.124. The molecule has 0 aliphatic heterocycles. The van der Waals surface area contributed by atoms with Gasteiger partial charge >= 0.3 is 0 Å². The van der Waals surface area contributed by atoms with Crippen molar-refractivity contribution in [2.75, 3.05) is 7.05 Å². The maximum atomic E-state index is 13.7. The zero-order chi connectivity index (χ0) is 13.0. The minimum atomic E-state index is -0.401. The van der Waals surface area contributed by atoms with Crippen LogP contribution in [-0.2, 0) is 13.0 Å². The summed E-state index contributed by atoms with van der Waals surface area (Å²) in [7, 11) is 1.86. The van der Waals surface area contributed by atoms with Gasteiger partial charge in [0.25, 0.3) is 0 Å². The van der Waals surface area contributed by atoms with Crippen molar-refractivity contribution in [3.05, 3.63) is 58.4 Å². The van der Waals surface area contributed by atoms with Gasteiger partial charge in [0, 0.05) is 30.9 Å². The lowest BCUT2D eigenvalue weighted by Crippen LogP contribution is -2.07. The molecule has 0 unspecified atom stereocenters. The van der Waals surface area contributed by atoms with E-state index in [1.165, 1.54) is 6.07 Å². The van der Waals surface area contributed by atoms with E-state index in [-0.39, 0.29) is 5.02 Å². The monoisotopic (exact) mass is 265 g/mol. The SMILES string of the molecule is CNCc1cnc(Cc2cccc(Cl)c2F)nc1. The number of halogens is 2. The Morgan fingerprint density at radius 1 is 1.28 bits per heavy atom. The molecular weight excluding hydrogens is 253 g/mol. The Morgan fingerprint density at radius 2 is 2.00 bits per heavy atom. The quantitative estimate of drug-likeness (QED) is 0.923. The molecule has 5 heteroatoms. The van der Waals surface area contributed by atoms with E-state index in [0.29, 0.717) is 24.4 Å². The van der Waals surface area contributed by atoms with Gasteiger partial charge in [-0.05, 0) is 18.7 Å². The van der Waals surface area contributed by atoms with E-state index in [4.69, 9.17) is 11.6 Å². The van der Waals surface area contributed by atoms with Gasteiger partial charge in [-0.15, -0.1) is 0 Å². The van der Waals surface area contributed by atoms with Crippen LogP contribution in [0.25, 0.3) is 0 Å². The molecule has 1 aromatic heterocycles. The largest absolute Gasteiger partial charge is 0.316 e. The van der Waals surface area contributed by atoms with Crippen LogP contribution in [-0.4, -0.2) is 17.0 Å². The van der Waals surface area contributed by atoms with Gasteiger partial charge in [-0.2, -0.15) is 0 Å². The summed E-state index contributed by atoms with van der Waals surface area (Å²) < 4.78 is 13.7. The van der Waals surface area contributed by atoms with E-state index in [1.54, 1.807) is 24.5 Å². The number of rotatable bonds is 4. The second kappa shape index (κ2) is 5.89. The minimum Gasteiger partial charge on any atom is -0.316 e. The lowest BCUT2D eigenvalue weighted by Gasteiger charge is -2.04. The van der Waals surface area contributed by atoms with E-state index in [9.17, 15) is 4.39 Å². The highest BCUT2D eigenvalue weighted by Gasteiger charge is 2.08. The highest BCUT2D eigenvalue weighted by atomic mass is 35.5. The summed E-state index contributed by atoms with van der Waals surface area (Å²) in [5.74, 6) is 0.179. The standard InChI is InChI=1S/C13H13ClFN3/c1-16-6-9-7-17-12(18-8-9)5-10-3-2-4-11(14)13(10)15/h2-4,7-8,16H,5-6H2,1H3. The first-order chi connectivity index (χ1) is 8.70.